The van der Waals surface area contributed by atoms with Crippen molar-refractivity contribution < 1.29 is 19.1 Å². The van der Waals surface area contributed by atoms with Crippen molar-refractivity contribution in [3.63, 3.8) is 0 Å². The maximum atomic E-state index is 11.0. The Hall–Kier alpha value is -1.37. The van der Waals surface area contributed by atoms with Gasteiger partial charge in [0.1, 0.15) is 5.69 Å². The monoisotopic (exact) mass is 260 g/mol. The Morgan fingerprint density at radius 2 is 2.41 bits per heavy atom. The van der Waals surface area contributed by atoms with E-state index >= 15 is 0 Å². The quantitative estimate of drug-likeness (QED) is 0.543. The van der Waals surface area contributed by atoms with Crippen LogP contribution in [0.4, 0.5) is 5.95 Å². The van der Waals surface area contributed by atoms with Crippen molar-refractivity contribution in [2.24, 2.45) is 5.73 Å². The van der Waals surface area contributed by atoms with Crippen LogP contribution in [0.2, 0.25) is 0 Å². The topological polar surface area (TPSA) is 130 Å². The lowest BCUT2D eigenvalue weighted by molar-refractivity contribution is 0.0996. The van der Waals surface area contributed by atoms with Gasteiger partial charge in [0.2, 0.25) is 5.95 Å². The van der Waals surface area contributed by atoms with E-state index in [0.29, 0.717) is 18.9 Å². The lowest BCUT2D eigenvalue weighted by Gasteiger charge is -2.25. The number of fused-ring (bicyclic) bond motifs is 1. The first-order chi connectivity index (χ1) is 7.87. The molecule has 1 aromatic heterocycles. The standard InChI is InChI=1S/C8H13N4O4P/c9-7(13)6-3-12-5(4-17(14,15)16)1-2-10-8(12)11-6/h3,5H,1-2,4H2,(H2,9,13)(H,10,11)(H2,14,15,16). The van der Waals surface area contributed by atoms with Crippen LogP contribution >= 0.6 is 7.60 Å². The molecule has 0 fully saturated rings. The highest BCUT2D eigenvalue weighted by molar-refractivity contribution is 7.51. The zero-order valence-corrected chi connectivity index (χ0v) is 9.80. The second-order valence-corrected chi connectivity index (χ2v) is 5.63. The van der Waals surface area contributed by atoms with Gasteiger partial charge in [-0.2, -0.15) is 0 Å². The van der Waals surface area contributed by atoms with Gasteiger partial charge in [-0.1, -0.05) is 0 Å². The maximum absolute atomic E-state index is 11.0. The van der Waals surface area contributed by atoms with Gasteiger partial charge >= 0.3 is 7.60 Å². The normalized spacial score (nSPS) is 19.5. The highest BCUT2D eigenvalue weighted by atomic mass is 31.2. The third kappa shape index (κ3) is 2.66. The summed E-state index contributed by atoms with van der Waals surface area (Å²) in [6, 6.07) is -0.368. The van der Waals surface area contributed by atoms with Crippen LogP contribution < -0.4 is 11.1 Å². The Morgan fingerprint density at radius 3 is 3.00 bits per heavy atom. The van der Waals surface area contributed by atoms with Crippen molar-refractivity contribution in [2.75, 3.05) is 18.0 Å². The Bertz CT molecular complexity index is 494. The fourth-order valence-electron chi connectivity index (χ4n) is 1.86. The number of nitrogens with zero attached hydrogens (tertiary/aromatic N) is 2. The molecule has 8 nitrogen and oxygen atoms in total. The molecule has 0 radical (unpaired) electrons. The first-order valence-corrected chi connectivity index (χ1v) is 6.84. The molecule has 1 amide bonds. The summed E-state index contributed by atoms with van der Waals surface area (Å²) in [4.78, 5) is 32.9. The summed E-state index contributed by atoms with van der Waals surface area (Å²) in [5, 5.41) is 2.94. The lowest BCUT2D eigenvalue weighted by Crippen LogP contribution is -2.24. The number of nitrogens with one attached hydrogen (secondary N) is 1. The number of anilines is 1. The van der Waals surface area contributed by atoms with E-state index in [1.54, 1.807) is 4.57 Å². The molecule has 0 aliphatic carbocycles. The van der Waals surface area contributed by atoms with E-state index in [1.165, 1.54) is 6.20 Å². The van der Waals surface area contributed by atoms with E-state index < -0.39 is 13.5 Å². The van der Waals surface area contributed by atoms with E-state index in [0.717, 1.165) is 0 Å². The first-order valence-electron chi connectivity index (χ1n) is 5.04. The van der Waals surface area contributed by atoms with Gasteiger partial charge in [-0.15, -0.1) is 0 Å². The number of hydrogen-bond donors (Lipinski definition) is 4. The SMILES string of the molecule is NC(=O)c1cn2c(n1)NCCC2CP(=O)(O)O. The molecule has 0 bridgehead atoms. The minimum atomic E-state index is -4.10. The van der Waals surface area contributed by atoms with E-state index in [2.05, 4.69) is 10.3 Å². The third-order valence-corrected chi connectivity index (χ3v) is 3.48. The molecular weight excluding hydrogens is 247 g/mol. The number of hydrogen-bond acceptors (Lipinski definition) is 4. The molecule has 1 atom stereocenters. The average Bonchev–Trinajstić information content (AvgIpc) is 2.60. The van der Waals surface area contributed by atoms with E-state index in [1.807, 2.05) is 0 Å². The Morgan fingerprint density at radius 1 is 1.71 bits per heavy atom. The van der Waals surface area contributed by atoms with Gasteiger partial charge in [0.05, 0.1) is 6.16 Å². The highest BCUT2D eigenvalue weighted by Gasteiger charge is 2.28. The second kappa shape index (κ2) is 4.14. The van der Waals surface area contributed by atoms with Crippen molar-refractivity contribution in [2.45, 2.75) is 12.5 Å². The minimum absolute atomic E-state index is 0.0881. The van der Waals surface area contributed by atoms with Crippen LogP contribution in [0.5, 0.6) is 0 Å². The number of nitrogens with two attached hydrogens (primary N) is 1. The molecule has 1 aliphatic rings. The Labute approximate surface area is 97.0 Å². The number of carbonyl (C=O) groups excluding carboxylic acids is 1. The summed E-state index contributed by atoms with van der Waals surface area (Å²) in [5.74, 6) is -0.243. The zero-order valence-electron chi connectivity index (χ0n) is 8.91. The predicted molar refractivity (Wildman–Crippen MR) is 59.8 cm³/mol. The number of amides is 1. The van der Waals surface area contributed by atoms with Crippen LogP contribution in [0.15, 0.2) is 6.20 Å². The van der Waals surface area contributed by atoms with E-state index in [4.69, 9.17) is 15.5 Å². The van der Waals surface area contributed by atoms with Crippen molar-refractivity contribution in [3.8, 4) is 0 Å². The molecule has 1 aliphatic heterocycles. The van der Waals surface area contributed by atoms with Gasteiger partial charge in [-0.25, -0.2) is 4.98 Å². The molecule has 1 aromatic rings. The molecule has 17 heavy (non-hydrogen) atoms. The van der Waals surface area contributed by atoms with Gasteiger partial charge in [0, 0.05) is 18.8 Å². The van der Waals surface area contributed by atoms with Crippen LogP contribution in [0, 0.1) is 0 Å². The summed E-state index contributed by atoms with van der Waals surface area (Å²) in [5.41, 5.74) is 5.19. The van der Waals surface area contributed by atoms with Crippen molar-refractivity contribution >= 4 is 19.5 Å². The number of carbonyl (C=O) groups is 1. The predicted octanol–water partition coefficient (Wildman–Crippen LogP) is -0.484. The van der Waals surface area contributed by atoms with E-state index in [-0.39, 0.29) is 17.9 Å². The summed E-state index contributed by atoms with van der Waals surface area (Å²) in [7, 11) is -4.10. The molecule has 5 N–H and O–H groups in total. The molecule has 0 aromatic carbocycles. The van der Waals surface area contributed by atoms with E-state index in [9.17, 15) is 9.36 Å². The molecule has 9 heteroatoms. The molecule has 1 unspecified atom stereocenters. The summed E-state index contributed by atoms with van der Waals surface area (Å²) in [6.07, 6.45) is 1.72. The second-order valence-electron chi connectivity index (χ2n) is 3.94. The largest absolute Gasteiger partial charge is 0.364 e. The summed E-state index contributed by atoms with van der Waals surface area (Å²) >= 11 is 0. The maximum Gasteiger partial charge on any atom is 0.327 e. The molecular formula is C8H13N4O4P. The third-order valence-electron chi connectivity index (χ3n) is 2.59. The lowest BCUT2D eigenvalue weighted by atomic mass is 10.2. The number of aromatic nitrogens is 2. The molecule has 0 saturated carbocycles. The molecule has 2 heterocycles. The van der Waals surface area contributed by atoms with Gasteiger partial charge in [0.25, 0.3) is 5.91 Å². The van der Waals surface area contributed by atoms with Crippen LogP contribution in [0.1, 0.15) is 23.0 Å². The molecule has 0 saturated heterocycles. The van der Waals surface area contributed by atoms with Crippen LogP contribution in [-0.2, 0) is 4.57 Å². The van der Waals surface area contributed by atoms with Crippen LogP contribution in [0.3, 0.4) is 0 Å². The molecule has 0 spiro atoms. The number of imidazole rings is 1. The average molecular weight is 260 g/mol. The molecule has 2 rings (SSSR count). The fourth-order valence-corrected chi connectivity index (χ4v) is 2.77. The Balaban J connectivity index is 2.31. The summed E-state index contributed by atoms with van der Waals surface area (Å²) < 4.78 is 12.6. The highest BCUT2D eigenvalue weighted by Crippen LogP contribution is 2.41. The van der Waals surface area contributed by atoms with Crippen LogP contribution in [0.25, 0.3) is 0 Å². The zero-order chi connectivity index (χ0) is 12.6. The molecule has 94 valence electrons. The van der Waals surface area contributed by atoms with Gasteiger partial charge < -0.3 is 25.4 Å². The van der Waals surface area contributed by atoms with Crippen LogP contribution in [-0.4, -0.2) is 38.0 Å². The first kappa shape index (κ1) is 12.1. The Kier molecular flexibility index (Phi) is 2.94. The van der Waals surface area contributed by atoms with Crippen molar-refractivity contribution in [3.05, 3.63) is 11.9 Å². The van der Waals surface area contributed by atoms with Gasteiger partial charge in [-0.05, 0) is 6.42 Å². The number of primary amides is 1. The smallest absolute Gasteiger partial charge is 0.327 e. The van der Waals surface area contributed by atoms with Gasteiger partial charge in [-0.3, -0.25) is 9.36 Å². The van der Waals surface area contributed by atoms with Gasteiger partial charge in [0.15, 0.2) is 0 Å². The summed E-state index contributed by atoms with van der Waals surface area (Å²) in [6.45, 7) is 0.555. The van der Waals surface area contributed by atoms with Crippen molar-refractivity contribution in [1.29, 1.82) is 0 Å². The fraction of sp³-hybridized carbons (Fsp3) is 0.500. The number of rotatable bonds is 3. The minimum Gasteiger partial charge on any atom is -0.364 e. The van der Waals surface area contributed by atoms with Crippen molar-refractivity contribution in [1.82, 2.24) is 9.55 Å².